The second-order valence-corrected chi connectivity index (χ2v) is 4.86. The van der Waals surface area contributed by atoms with Crippen molar-refractivity contribution in [2.45, 2.75) is 18.9 Å². The van der Waals surface area contributed by atoms with E-state index < -0.39 is 4.92 Å². The average Bonchev–Trinajstić information content (AvgIpc) is 3.21. The first kappa shape index (κ1) is 14.2. The number of non-ortho nitro benzene ring substituents is 1. The van der Waals surface area contributed by atoms with E-state index >= 15 is 0 Å². The third-order valence-electron chi connectivity index (χ3n) is 2.69. The minimum Gasteiger partial charge on any atom is -0.353 e. The van der Waals surface area contributed by atoms with Gasteiger partial charge < -0.3 is 16.0 Å². The van der Waals surface area contributed by atoms with E-state index in [1.54, 1.807) is 12.1 Å². The number of benzene rings is 1. The van der Waals surface area contributed by atoms with Crippen LogP contribution >= 0.6 is 12.2 Å². The van der Waals surface area contributed by atoms with E-state index in [1.807, 2.05) is 0 Å². The maximum Gasteiger partial charge on any atom is 0.269 e. The van der Waals surface area contributed by atoms with Crippen molar-refractivity contribution in [3.8, 4) is 0 Å². The van der Waals surface area contributed by atoms with Crippen LogP contribution in [0.3, 0.4) is 0 Å². The highest BCUT2D eigenvalue weighted by molar-refractivity contribution is 7.80. The van der Waals surface area contributed by atoms with Gasteiger partial charge in [0.05, 0.1) is 11.5 Å². The molecule has 0 unspecified atom stereocenters. The van der Waals surface area contributed by atoms with Crippen molar-refractivity contribution < 1.29 is 9.72 Å². The molecule has 1 aliphatic rings. The second kappa shape index (κ2) is 6.29. The van der Waals surface area contributed by atoms with Gasteiger partial charge in [-0.1, -0.05) is 0 Å². The van der Waals surface area contributed by atoms with Crippen molar-refractivity contribution in [1.82, 2.24) is 10.6 Å². The SMILES string of the molecule is O=C(CNC(=S)Nc1ccc([N+](=O)[O-])cc1)NC1CC1. The van der Waals surface area contributed by atoms with Crippen LogP contribution in [0.25, 0.3) is 0 Å². The molecule has 1 amide bonds. The number of carbonyl (C=O) groups is 1. The quantitative estimate of drug-likeness (QED) is 0.428. The van der Waals surface area contributed by atoms with E-state index in [0.717, 1.165) is 12.8 Å². The van der Waals surface area contributed by atoms with Crippen LogP contribution in [0.4, 0.5) is 11.4 Å². The summed E-state index contributed by atoms with van der Waals surface area (Å²) >= 11 is 5.03. The Bertz CT molecular complexity index is 528. The molecular formula is C12H14N4O3S. The summed E-state index contributed by atoms with van der Waals surface area (Å²) in [5.41, 5.74) is 0.633. The number of nitro groups is 1. The Morgan fingerprint density at radius 3 is 2.55 bits per heavy atom. The molecule has 1 aromatic rings. The van der Waals surface area contributed by atoms with Crippen LogP contribution in [-0.2, 0) is 4.79 Å². The molecule has 0 saturated heterocycles. The number of nitro benzene ring substituents is 1. The van der Waals surface area contributed by atoms with Gasteiger partial charge in [-0.2, -0.15) is 0 Å². The van der Waals surface area contributed by atoms with Crippen LogP contribution in [0, 0.1) is 10.1 Å². The van der Waals surface area contributed by atoms with Crippen LogP contribution < -0.4 is 16.0 Å². The maximum absolute atomic E-state index is 11.4. The third-order valence-corrected chi connectivity index (χ3v) is 2.93. The number of hydrogen-bond acceptors (Lipinski definition) is 4. The molecule has 1 aliphatic carbocycles. The average molecular weight is 294 g/mol. The number of anilines is 1. The Morgan fingerprint density at radius 1 is 1.35 bits per heavy atom. The number of nitrogens with one attached hydrogen (secondary N) is 3. The highest BCUT2D eigenvalue weighted by atomic mass is 32.1. The molecule has 0 aromatic heterocycles. The van der Waals surface area contributed by atoms with Gasteiger partial charge in [-0.15, -0.1) is 0 Å². The first-order valence-electron chi connectivity index (χ1n) is 6.13. The van der Waals surface area contributed by atoms with E-state index in [2.05, 4.69) is 16.0 Å². The zero-order valence-electron chi connectivity index (χ0n) is 10.6. The largest absolute Gasteiger partial charge is 0.353 e. The van der Waals surface area contributed by atoms with Gasteiger partial charge in [-0.3, -0.25) is 14.9 Å². The summed E-state index contributed by atoms with van der Waals surface area (Å²) in [7, 11) is 0. The summed E-state index contributed by atoms with van der Waals surface area (Å²) in [6.45, 7) is 0.106. The van der Waals surface area contributed by atoms with Gasteiger partial charge >= 0.3 is 0 Å². The van der Waals surface area contributed by atoms with E-state index in [-0.39, 0.29) is 18.1 Å². The van der Waals surface area contributed by atoms with Crippen molar-refractivity contribution in [1.29, 1.82) is 0 Å². The summed E-state index contributed by atoms with van der Waals surface area (Å²) in [5, 5.41) is 19.3. The number of thiocarbonyl (C=S) groups is 1. The van der Waals surface area contributed by atoms with Gasteiger partial charge in [-0.25, -0.2) is 0 Å². The molecule has 0 heterocycles. The van der Waals surface area contributed by atoms with Crippen molar-refractivity contribution in [2.24, 2.45) is 0 Å². The Hall–Kier alpha value is -2.22. The minimum atomic E-state index is -0.470. The van der Waals surface area contributed by atoms with E-state index in [1.165, 1.54) is 12.1 Å². The fourth-order valence-corrected chi connectivity index (χ4v) is 1.70. The van der Waals surface area contributed by atoms with Crippen LogP contribution in [-0.4, -0.2) is 28.5 Å². The normalized spacial score (nSPS) is 13.4. The molecule has 0 radical (unpaired) electrons. The van der Waals surface area contributed by atoms with Crippen LogP contribution in [0.1, 0.15) is 12.8 Å². The number of rotatable bonds is 5. The fourth-order valence-electron chi connectivity index (χ4n) is 1.51. The lowest BCUT2D eigenvalue weighted by atomic mass is 10.3. The number of amides is 1. The Balaban J connectivity index is 1.75. The van der Waals surface area contributed by atoms with E-state index in [0.29, 0.717) is 16.8 Å². The second-order valence-electron chi connectivity index (χ2n) is 4.45. The van der Waals surface area contributed by atoms with Gasteiger partial charge in [0.2, 0.25) is 5.91 Å². The van der Waals surface area contributed by atoms with Gasteiger partial charge in [0.25, 0.3) is 5.69 Å². The summed E-state index contributed by atoms with van der Waals surface area (Å²) in [4.78, 5) is 21.5. The molecule has 1 aromatic carbocycles. The summed E-state index contributed by atoms with van der Waals surface area (Å²) < 4.78 is 0. The van der Waals surface area contributed by atoms with E-state index in [4.69, 9.17) is 12.2 Å². The molecule has 0 aliphatic heterocycles. The maximum atomic E-state index is 11.4. The van der Waals surface area contributed by atoms with Gasteiger partial charge in [0.1, 0.15) is 0 Å². The lowest BCUT2D eigenvalue weighted by Gasteiger charge is -2.10. The molecule has 8 heteroatoms. The number of hydrogen-bond donors (Lipinski definition) is 3. The third kappa shape index (κ3) is 4.47. The molecule has 3 N–H and O–H groups in total. The standard InChI is InChI=1S/C12H14N4O3S/c17-11(14-8-1-2-8)7-13-12(20)15-9-3-5-10(6-4-9)16(18)19/h3-6,8H,1-2,7H2,(H,14,17)(H2,13,15,20). The Kier molecular flexibility index (Phi) is 4.46. The van der Waals surface area contributed by atoms with Crippen molar-refractivity contribution >= 4 is 34.6 Å². The molecule has 7 nitrogen and oxygen atoms in total. The molecule has 0 atom stereocenters. The van der Waals surface area contributed by atoms with Crippen molar-refractivity contribution in [3.05, 3.63) is 34.4 Å². The van der Waals surface area contributed by atoms with Crippen LogP contribution in [0.15, 0.2) is 24.3 Å². The lowest BCUT2D eigenvalue weighted by Crippen LogP contribution is -2.39. The molecular weight excluding hydrogens is 280 g/mol. The summed E-state index contributed by atoms with van der Waals surface area (Å²) in [6, 6.07) is 6.18. The zero-order valence-corrected chi connectivity index (χ0v) is 11.4. The molecule has 0 bridgehead atoms. The predicted octanol–water partition coefficient (Wildman–Crippen LogP) is 1.16. The molecule has 106 valence electrons. The lowest BCUT2D eigenvalue weighted by molar-refractivity contribution is -0.384. The smallest absolute Gasteiger partial charge is 0.269 e. The molecule has 1 fully saturated rings. The summed E-state index contributed by atoms with van der Waals surface area (Å²) in [6.07, 6.45) is 2.08. The van der Waals surface area contributed by atoms with Gasteiger partial charge in [0.15, 0.2) is 5.11 Å². The van der Waals surface area contributed by atoms with Gasteiger partial charge in [-0.05, 0) is 37.2 Å². The monoisotopic (exact) mass is 294 g/mol. The number of carbonyl (C=O) groups excluding carboxylic acids is 1. The highest BCUT2D eigenvalue weighted by Crippen LogP contribution is 2.18. The highest BCUT2D eigenvalue weighted by Gasteiger charge is 2.22. The first-order valence-corrected chi connectivity index (χ1v) is 6.54. The van der Waals surface area contributed by atoms with Crippen molar-refractivity contribution in [3.63, 3.8) is 0 Å². The van der Waals surface area contributed by atoms with Crippen LogP contribution in [0.2, 0.25) is 0 Å². The predicted molar refractivity (Wildman–Crippen MR) is 78.5 cm³/mol. The molecule has 20 heavy (non-hydrogen) atoms. The van der Waals surface area contributed by atoms with Gasteiger partial charge in [0, 0.05) is 23.9 Å². The fraction of sp³-hybridized carbons (Fsp3) is 0.333. The van der Waals surface area contributed by atoms with E-state index in [9.17, 15) is 14.9 Å². The number of nitrogens with zero attached hydrogens (tertiary/aromatic N) is 1. The van der Waals surface area contributed by atoms with Crippen molar-refractivity contribution in [2.75, 3.05) is 11.9 Å². The zero-order chi connectivity index (χ0) is 14.5. The molecule has 2 rings (SSSR count). The minimum absolute atomic E-state index is 0.0123. The topological polar surface area (TPSA) is 96.3 Å². The molecule has 1 saturated carbocycles. The summed E-state index contributed by atoms with van der Waals surface area (Å²) in [5.74, 6) is -0.0969. The Labute approximate surface area is 120 Å². The van der Waals surface area contributed by atoms with Crippen LogP contribution in [0.5, 0.6) is 0 Å². The first-order chi connectivity index (χ1) is 9.54. The molecule has 0 spiro atoms. The Morgan fingerprint density at radius 2 is 2.00 bits per heavy atom.